The number of hydrogen-bond acceptors (Lipinski definition) is 10. The average molecular weight is 813 g/mol. The molecule has 0 aliphatic heterocycles. The molecular formula is C36H34F6N12O4. The number of pyridine rings is 2. The molecule has 0 radical (unpaired) electrons. The van der Waals surface area contributed by atoms with Crippen molar-refractivity contribution in [3.63, 3.8) is 0 Å². The number of ether oxygens (including phenoxy) is 2. The molecule has 0 unspecified atom stereocenters. The third kappa shape index (κ3) is 9.96. The van der Waals surface area contributed by atoms with Crippen LogP contribution < -0.4 is 43.0 Å². The van der Waals surface area contributed by atoms with E-state index in [1.54, 1.807) is 18.3 Å². The minimum absolute atomic E-state index is 0.00450. The Labute approximate surface area is 323 Å². The summed E-state index contributed by atoms with van der Waals surface area (Å²) < 4.78 is 92.3. The van der Waals surface area contributed by atoms with E-state index in [1.165, 1.54) is 44.8 Å². The fourth-order valence-corrected chi connectivity index (χ4v) is 5.28. The van der Waals surface area contributed by atoms with Crippen molar-refractivity contribution in [1.82, 2.24) is 30.6 Å². The van der Waals surface area contributed by atoms with E-state index < -0.39 is 35.3 Å². The summed E-state index contributed by atoms with van der Waals surface area (Å²) in [6.45, 7) is 0.427. The first-order chi connectivity index (χ1) is 27.4. The van der Waals surface area contributed by atoms with Crippen molar-refractivity contribution in [1.29, 1.82) is 0 Å². The summed E-state index contributed by atoms with van der Waals surface area (Å²) in [4.78, 5) is 44.8. The fourth-order valence-electron chi connectivity index (χ4n) is 5.28. The maximum absolute atomic E-state index is 13.6. The van der Waals surface area contributed by atoms with E-state index in [1.807, 2.05) is 0 Å². The van der Waals surface area contributed by atoms with E-state index in [-0.39, 0.29) is 81.2 Å². The van der Waals surface area contributed by atoms with E-state index >= 15 is 0 Å². The van der Waals surface area contributed by atoms with Gasteiger partial charge in [0.25, 0.3) is 11.8 Å². The highest BCUT2D eigenvalue weighted by molar-refractivity contribution is 6.08. The molecule has 22 heteroatoms. The third-order valence-corrected chi connectivity index (χ3v) is 8.01. The molecular weight excluding hydrogens is 778 g/mol. The molecule has 0 bridgehead atoms. The summed E-state index contributed by atoms with van der Waals surface area (Å²) in [5.41, 5.74) is 21.3. The Hall–Kier alpha value is -7.20. The van der Waals surface area contributed by atoms with Gasteiger partial charge in [-0.15, -0.1) is 0 Å². The van der Waals surface area contributed by atoms with Crippen molar-refractivity contribution in [2.24, 2.45) is 32.9 Å². The van der Waals surface area contributed by atoms with Crippen LogP contribution in [0.1, 0.15) is 43.2 Å². The Morgan fingerprint density at radius 3 is 1.71 bits per heavy atom. The van der Waals surface area contributed by atoms with Gasteiger partial charge in [0, 0.05) is 56.4 Å². The lowest BCUT2D eigenvalue weighted by Crippen LogP contribution is -2.36. The number of H-pyrrole nitrogens is 2. The Bertz CT molecular complexity index is 2530. The molecule has 16 nitrogen and oxygen atoms in total. The monoisotopic (exact) mass is 812 g/mol. The molecule has 0 saturated heterocycles. The van der Waals surface area contributed by atoms with Crippen LogP contribution in [-0.2, 0) is 25.4 Å². The van der Waals surface area contributed by atoms with Crippen LogP contribution in [0.15, 0.2) is 83.3 Å². The SMILES string of the molecule is CN=C(N)NC(=O)c1cc2c(C(F)(F)F)cc(Oc3cncc(CN)c3)cc2[nH]1.CN=C(N)NC(=O)c1cc2c(C(F)(F)F)ccc(Oc3cncc(CN)c3)c2[nH]1. The van der Waals surface area contributed by atoms with Gasteiger partial charge in [-0.05, 0) is 53.6 Å². The molecule has 0 spiro atoms. The number of hydrogen-bond donors (Lipinski definition) is 8. The first-order valence-corrected chi connectivity index (χ1v) is 16.6. The molecule has 2 aromatic carbocycles. The van der Waals surface area contributed by atoms with Gasteiger partial charge in [0.2, 0.25) is 0 Å². The van der Waals surface area contributed by atoms with Gasteiger partial charge >= 0.3 is 12.4 Å². The topological polar surface area (TPSA) is 263 Å². The van der Waals surface area contributed by atoms with Crippen molar-refractivity contribution in [2.75, 3.05) is 14.1 Å². The molecule has 2 amide bonds. The van der Waals surface area contributed by atoms with Crippen LogP contribution in [0.4, 0.5) is 26.3 Å². The van der Waals surface area contributed by atoms with Crippen LogP contribution in [0, 0.1) is 0 Å². The number of guanidine groups is 2. The smallest absolute Gasteiger partial charge is 0.417 e. The van der Waals surface area contributed by atoms with E-state index in [0.29, 0.717) is 11.1 Å². The van der Waals surface area contributed by atoms with Crippen LogP contribution >= 0.6 is 0 Å². The predicted molar refractivity (Wildman–Crippen MR) is 201 cm³/mol. The Kier molecular flexibility index (Phi) is 12.5. The van der Waals surface area contributed by atoms with Crippen LogP contribution in [0.3, 0.4) is 0 Å². The summed E-state index contributed by atoms with van der Waals surface area (Å²) in [6.07, 6.45) is -3.47. The molecule has 6 rings (SSSR count). The minimum atomic E-state index is -4.67. The molecule has 12 N–H and O–H groups in total. The summed E-state index contributed by atoms with van der Waals surface area (Å²) in [6, 6.07) is 9.63. The van der Waals surface area contributed by atoms with Crippen molar-refractivity contribution in [2.45, 2.75) is 25.4 Å². The second kappa shape index (κ2) is 17.3. The molecule has 0 saturated carbocycles. The quantitative estimate of drug-likeness (QED) is 0.0578. The second-order valence-electron chi connectivity index (χ2n) is 12.0. The number of amides is 2. The number of carbonyl (C=O) groups excluding carboxylic acids is 2. The van der Waals surface area contributed by atoms with Crippen molar-refractivity contribution in [3.8, 4) is 23.0 Å². The standard InChI is InChI=1S/2C18H17F3N6O2/c1-24-17(23)27-16(28)15-5-12-13(18(19,20)21)3-10(4-14(12)26-15)29-11-2-9(6-22)7-25-8-11;1-24-17(23)27-16(28)13-5-11-12(18(19,20)21)2-3-14(15(11)26-13)29-10-4-9(6-22)7-25-8-10/h2*2-5,7-8,26H,6,22H2,1H3,(H3,23,24,27,28). The van der Waals surface area contributed by atoms with Crippen molar-refractivity contribution < 1.29 is 45.4 Å². The molecule has 0 aliphatic carbocycles. The minimum Gasteiger partial charge on any atom is -0.456 e. The number of aliphatic imine (C=N–C) groups is 2. The second-order valence-corrected chi connectivity index (χ2v) is 12.0. The number of benzene rings is 2. The molecule has 58 heavy (non-hydrogen) atoms. The number of aromatic amines is 2. The number of nitrogens with zero attached hydrogens (tertiary/aromatic N) is 4. The number of nitrogens with one attached hydrogen (secondary N) is 4. The number of alkyl halides is 6. The Balaban J connectivity index is 0.000000221. The zero-order chi connectivity index (χ0) is 42.4. The summed E-state index contributed by atoms with van der Waals surface area (Å²) in [7, 11) is 2.72. The lowest BCUT2D eigenvalue weighted by molar-refractivity contribution is -0.137. The van der Waals surface area contributed by atoms with E-state index in [4.69, 9.17) is 32.4 Å². The van der Waals surface area contributed by atoms with Gasteiger partial charge in [0.1, 0.15) is 28.6 Å². The van der Waals surface area contributed by atoms with Crippen molar-refractivity contribution >= 4 is 45.5 Å². The lowest BCUT2D eigenvalue weighted by atomic mass is 10.1. The zero-order valence-electron chi connectivity index (χ0n) is 30.3. The first-order valence-electron chi connectivity index (χ1n) is 16.6. The largest absolute Gasteiger partial charge is 0.456 e. The normalized spacial score (nSPS) is 12.2. The maximum atomic E-state index is 13.6. The van der Waals surface area contributed by atoms with Crippen molar-refractivity contribution in [3.05, 3.63) is 107 Å². The highest BCUT2D eigenvalue weighted by Crippen LogP contribution is 2.41. The molecule has 6 aromatic rings. The lowest BCUT2D eigenvalue weighted by Gasteiger charge is -2.12. The molecule has 0 aliphatic rings. The maximum Gasteiger partial charge on any atom is 0.417 e. The van der Waals surface area contributed by atoms with E-state index in [9.17, 15) is 35.9 Å². The molecule has 4 aromatic heterocycles. The zero-order valence-corrected chi connectivity index (χ0v) is 30.3. The van der Waals surface area contributed by atoms with Crippen LogP contribution in [0.2, 0.25) is 0 Å². The Morgan fingerprint density at radius 2 is 1.19 bits per heavy atom. The van der Waals surface area contributed by atoms with Crippen LogP contribution in [-0.4, -0.2) is 57.8 Å². The van der Waals surface area contributed by atoms with E-state index in [0.717, 1.165) is 24.3 Å². The molecule has 0 fully saturated rings. The van der Waals surface area contributed by atoms with Gasteiger partial charge in [-0.2, -0.15) is 26.3 Å². The highest BCUT2D eigenvalue weighted by Gasteiger charge is 2.35. The number of rotatable bonds is 8. The first kappa shape index (κ1) is 42.0. The van der Waals surface area contributed by atoms with Crippen LogP contribution in [0.25, 0.3) is 21.8 Å². The Morgan fingerprint density at radius 1 is 0.672 bits per heavy atom. The summed E-state index contributed by atoms with van der Waals surface area (Å²) in [5, 5.41) is 4.11. The number of halogens is 6. The molecule has 4 heterocycles. The van der Waals surface area contributed by atoms with Gasteiger partial charge < -0.3 is 42.4 Å². The van der Waals surface area contributed by atoms with Gasteiger partial charge in [0.15, 0.2) is 17.7 Å². The number of aromatic nitrogens is 4. The third-order valence-electron chi connectivity index (χ3n) is 8.01. The fraction of sp³-hybridized carbons (Fsp3) is 0.167. The summed E-state index contributed by atoms with van der Waals surface area (Å²) >= 11 is 0. The van der Waals surface area contributed by atoms with Gasteiger partial charge in [-0.1, -0.05) is 0 Å². The number of carbonyl (C=O) groups is 2. The van der Waals surface area contributed by atoms with Crippen LogP contribution in [0.5, 0.6) is 23.0 Å². The molecule has 304 valence electrons. The number of fused-ring (bicyclic) bond motifs is 2. The van der Waals surface area contributed by atoms with E-state index in [2.05, 4.69) is 40.6 Å². The highest BCUT2D eigenvalue weighted by atomic mass is 19.4. The van der Waals surface area contributed by atoms with Gasteiger partial charge in [-0.25, -0.2) is 0 Å². The average Bonchev–Trinajstić information content (AvgIpc) is 3.83. The van der Waals surface area contributed by atoms with Gasteiger partial charge in [0.05, 0.1) is 34.6 Å². The predicted octanol–water partition coefficient (Wildman–Crippen LogP) is 5.01. The van der Waals surface area contributed by atoms with Gasteiger partial charge in [-0.3, -0.25) is 40.2 Å². The molecule has 0 atom stereocenters. The number of nitrogens with two attached hydrogens (primary N) is 4. The summed E-state index contributed by atoms with van der Waals surface area (Å²) in [5.74, 6) is -1.28.